The molecule has 100 valence electrons. The second-order valence-electron chi connectivity index (χ2n) is 4.27. The molecule has 6 nitrogen and oxygen atoms in total. The van der Waals surface area contributed by atoms with Crippen LogP contribution < -0.4 is 4.90 Å². The van der Waals surface area contributed by atoms with Crippen molar-refractivity contribution in [2.75, 3.05) is 11.9 Å². The summed E-state index contributed by atoms with van der Waals surface area (Å²) in [6, 6.07) is 5.11. The minimum absolute atomic E-state index is 0.138. The average Bonchev–Trinajstić information content (AvgIpc) is 2.74. The van der Waals surface area contributed by atoms with E-state index in [2.05, 4.69) is 5.10 Å². The summed E-state index contributed by atoms with van der Waals surface area (Å²) in [6.07, 6.45) is 3.76. The van der Waals surface area contributed by atoms with Gasteiger partial charge in [0.1, 0.15) is 0 Å². The molecule has 0 aliphatic heterocycles. The molecule has 0 N–H and O–H groups in total. The number of hydrogen-bond acceptors (Lipinski definition) is 4. The van der Waals surface area contributed by atoms with Crippen molar-refractivity contribution in [3.63, 3.8) is 0 Å². The molecule has 0 unspecified atom stereocenters. The molecule has 1 aromatic carbocycles. The van der Waals surface area contributed by atoms with Gasteiger partial charge >= 0.3 is 0 Å². The van der Waals surface area contributed by atoms with Crippen LogP contribution in [0.1, 0.15) is 5.56 Å². The van der Waals surface area contributed by atoms with Gasteiger partial charge in [-0.2, -0.15) is 5.10 Å². The van der Waals surface area contributed by atoms with Gasteiger partial charge in [0.05, 0.1) is 14.7 Å². The molecule has 2 rings (SSSR count). The third-order valence-electron chi connectivity index (χ3n) is 2.75. The van der Waals surface area contributed by atoms with E-state index in [0.29, 0.717) is 10.1 Å². The quantitative estimate of drug-likeness (QED) is 0.470. The first-order valence-electron chi connectivity index (χ1n) is 5.60. The van der Waals surface area contributed by atoms with Crippen molar-refractivity contribution in [3.8, 4) is 0 Å². The zero-order valence-corrected chi connectivity index (χ0v) is 12.7. The van der Waals surface area contributed by atoms with Crippen LogP contribution in [0.15, 0.2) is 30.6 Å². The summed E-state index contributed by atoms with van der Waals surface area (Å²) in [7, 11) is 3.82. The van der Waals surface area contributed by atoms with Gasteiger partial charge < -0.3 is 4.90 Å². The van der Waals surface area contributed by atoms with Crippen molar-refractivity contribution < 1.29 is 4.92 Å². The predicted octanol–water partition coefficient (Wildman–Crippen LogP) is 2.57. The molecular weight excluding hydrogens is 359 g/mol. The molecule has 0 fully saturated rings. The normalized spacial score (nSPS) is 10.5. The van der Waals surface area contributed by atoms with Crippen LogP contribution in [0.25, 0.3) is 0 Å². The minimum Gasteiger partial charge on any atom is -0.370 e. The van der Waals surface area contributed by atoms with Gasteiger partial charge in [0.15, 0.2) is 0 Å². The summed E-state index contributed by atoms with van der Waals surface area (Å²) in [5, 5.41) is 14.9. The summed E-state index contributed by atoms with van der Waals surface area (Å²) in [5.74, 6) is 0. The number of aryl methyl sites for hydroxylation is 1. The van der Waals surface area contributed by atoms with E-state index in [9.17, 15) is 10.1 Å². The lowest BCUT2D eigenvalue weighted by Gasteiger charge is -2.18. The van der Waals surface area contributed by atoms with Crippen LogP contribution in [0, 0.1) is 13.7 Å². The molecule has 7 heteroatoms. The van der Waals surface area contributed by atoms with Crippen LogP contribution in [0.3, 0.4) is 0 Å². The Bertz CT molecular complexity index is 612. The summed E-state index contributed by atoms with van der Waals surface area (Å²) >= 11 is 1.98. The standard InChI is InChI=1S/C12H13IN4O2/c1-15(7-9-6-14-16(2)8-9)10-3-4-12(17(18)19)11(13)5-10/h3-6,8H,7H2,1-2H3. The average molecular weight is 372 g/mol. The van der Waals surface area contributed by atoms with E-state index in [1.165, 1.54) is 6.07 Å². The topological polar surface area (TPSA) is 64.2 Å². The second-order valence-corrected chi connectivity index (χ2v) is 5.43. The summed E-state index contributed by atoms with van der Waals surface area (Å²) in [4.78, 5) is 12.4. The molecule has 0 spiro atoms. The molecule has 1 aromatic heterocycles. The van der Waals surface area contributed by atoms with Crippen LogP contribution in [-0.2, 0) is 13.6 Å². The Labute approximate surface area is 124 Å². The largest absolute Gasteiger partial charge is 0.370 e. The highest BCUT2D eigenvalue weighted by molar-refractivity contribution is 14.1. The van der Waals surface area contributed by atoms with Crippen molar-refractivity contribution in [2.45, 2.75) is 6.54 Å². The van der Waals surface area contributed by atoms with Crippen LogP contribution in [0.2, 0.25) is 0 Å². The molecule has 1 heterocycles. The Morgan fingerprint density at radius 3 is 2.79 bits per heavy atom. The summed E-state index contributed by atoms with van der Waals surface area (Å²) < 4.78 is 2.39. The van der Waals surface area contributed by atoms with Crippen LogP contribution in [0.4, 0.5) is 11.4 Å². The van der Waals surface area contributed by atoms with E-state index >= 15 is 0 Å². The number of halogens is 1. The molecule has 0 saturated heterocycles. The summed E-state index contributed by atoms with van der Waals surface area (Å²) in [5.41, 5.74) is 2.18. The smallest absolute Gasteiger partial charge is 0.282 e. The van der Waals surface area contributed by atoms with Crippen LogP contribution in [-0.4, -0.2) is 21.8 Å². The van der Waals surface area contributed by atoms with Crippen LogP contribution >= 0.6 is 22.6 Å². The third kappa shape index (κ3) is 3.22. The van der Waals surface area contributed by atoms with Crippen molar-refractivity contribution >= 4 is 34.0 Å². The molecule has 19 heavy (non-hydrogen) atoms. The molecule has 0 atom stereocenters. The number of hydrogen-bond donors (Lipinski definition) is 0. The molecule has 2 aromatic rings. The first kappa shape index (κ1) is 13.8. The second kappa shape index (κ2) is 5.55. The van der Waals surface area contributed by atoms with Crippen molar-refractivity contribution in [2.24, 2.45) is 7.05 Å². The van der Waals surface area contributed by atoms with Gasteiger partial charge in [0.25, 0.3) is 5.69 Å². The van der Waals surface area contributed by atoms with E-state index in [0.717, 1.165) is 11.3 Å². The van der Waals surface area contributed by atoms with Crippen LogP contribution in [0.5, 0.6) is 0 Å². The van der Waals surface area contributed by atoms with Gasteiger partial charge in [-0.05, 0) is 34.7 Å². The molecule has 0 aliphatic carbocycles. The lowest BCUT2D eigenvalue weighted by molar-refractivity contribution is -0.385. The Balaban J connectivity index is 2.17. The molecule has 0 saturated carbocycles. The SMILES string of the molecule is CN(Cc1cnn(C)c1)c1ccc([N+](=O)[O-])c(I)c1. The highest BCUT2D eigenvalue weighted by Crippen LogP contribution is 2.26. The van der Waals surface area contributed by atoms with E-state index in [1.807, 2.05) is 60.0 Å². The monoisotopic (exact) mass is 372 g/mol. The third-order valence-corrected chi connectivity index (χ3v) is 3.61. The minimum atomic E-state index is -0.368. The highest BCUT2D eigenvalue weighted by atomic mass is 127. The number of nitro groups is 1. The maximum Gasteiger partial charge on any atom is 0.282 e. The predicted molar refractivity (Wildman–Crippen MR) is 81.1 cm³/mol. The molecule has 0 amide bonds. The zero-order valence-electron chi connectivity index (χ0n) is 10.6. The molecule has 0 bridgehead atoms. The van der Waals surface area contributed by atoms with Gasteiger partial charge in [-0.3, -0.25) is 14.8 Å². The maximum absolute atomic E-state index is 10.8. The molecule has 0 radical (unpaired) electrons. The Hall–Kier alpha value is -1.64. The van der Waals surface area contributed by atoms with Gasteiger partial charge in [0.2, 0.25) is 0 Å². The van der Waals surface area contributed by atoms with Gasteiger partial charge in [-0.1, -0.05) is 0 Å². The van der Waals surface area contributed by atoms with E-state index in [1.54, 1.807) is 10.7 Å². The van der Waals surface area contributed by atoms with Gasteiger partial charge in [0, 0.05) is 44.2 Å². The first-order chi connectivity index (χ1) is 8.97. The van der Waals surface area contributed by atoms with E-state index in [-0.39, 0.29) is 10.6 Å². The van der Waals surface area contributed by atoms with Gasteiger partial charge in [-0.15, -0.1) is 0 Å². The number of nitrogens with zero attached hydrogens (tertiary/aromatic N) is 4. The Kier molecular flexibility index (Phi) is 4.03. The van der Waals surface area contributed by atoms with E-state index < -0.39 is 0 Å². The first-order valence-corrected chi connectivity index (χ1v) is 6.68. The number of anilines is 1. The number of rotatable bonds is 4. The number of nitro benzene ring substituents is 1. The Morgan fingerprint density at radius 2 is 2.26 bits per heavy atom. The fraction of sp³-hybridized carbons (Fsp3) is 0.250. The highest BCUT2D eigenvalue weighted by Gasteiger charge is 2.13. The molecular formula is C12H13IN4O2. The van der Waals surface area contributed by atoms with E-state index in [4.69, 9.17) is 0 Å². The lowest BCUT2D eigenvalue weighted by Crippen LogP contribution is -2.16. The number of benzene rings is 1. The van der Waals surface area contributed by atoms with Gasteiger partial charge in [-0.25, -0.2) is 0 Å². The van der Waals surface area contributed by atoms with Crippen molar-refractivity contribution in [1.29, 1.82) is 0 Å². The van der Waals surface area contributed by atoms with Crippen molar-refractivity contribution in [3.05, 3.63) is 49.8 Å². The lowest BCUT2D eigenvalue weighted by atomic mass is 10.2. The Morgan fingerprint density at radius 1 is 1.53 bits per heavy atom. The fourth-order valence-electron chi connectivity index (χ4n) is 1.80. The maximum atomic E-state index is 10.8. The van der Waals surface area contributed by atoms with Crippen molar-refractivity contribution in [1.82, 2.24) is 9.78 Å². The number of aromatic nitrogens is 2. The fourth-order valence-corrected chi connectivity index (χ4v) is 2.50. The summed E-state index contributed by atoms with van der Waals surface area (Å²) in [6.45, 7) is 0.710. The molecule has 0 aliphatic rings. The zero-order chi connectivity index (χ0) is 14.0.